The maximum atomic E-state index is 12.5. The second-order valence-corrected chi connectivity index (χ2v) is 7.48. The molecule has 0 aromatic heterocycles. The number of amides is 2. The van der Waals surface area contributed by atoms with Crippen molar-refractivity contribution in [3.8, 4) is 0 Å². The standard InChI is InChI=1S/C23H26N2O3/c1-15(2)24-23(28)19-8-3-4-9-20(19)25-22(27)13-12-21(26)18-11-10-16-6-5-7-17(16)14-18/h3-4,8-11,14-15H,5-7,12-13H2,1-2H3,(H,24,28)(H,25,27). The molecule has 28 heavy (non-hydrogen) atoms. The van der Waals surface area contributed by atoms with Gasteiger partial charge in [-0.1, -0.05) is 24.3 Å². The fraction of sp³-hybridized carbons (Fsp3) is 0.348. The molecule has 0 radical (unpaired) electrons. The zero-order valence-corrected chi connectivity index (χ0v) is 16.4. The van der Waals surface area contributed by atoms with Crippen LogP contribution in [0, 0.1) is 0 Å². The maximum absolute atomic E-state index is 12.5. The smallest absolute Gasteiger partial charge is 0.253 e. The van der Waals surface area contributed by atoms with Crippen LogP contribution >= 0.6 is 0 Å². The van der Waals surface area contributed by atoms with Gasteiger partial charge >= 0.3 is 0 Å². The number of anilines is 1. The summed E-state index contributed by atoms with van der Waals surface area (Å²) in [6, 6.07) is 12.7. The minimum Gasteiger partial charge on any atom is -0.350 e. The van der Waals surface area contributed by atoms with Crippen LogP contribution < -0.4 is 10.6 Å². The number of carbonyl (C=O) groups excluding carboxylic acids is 3. The molecule has 0 spiro atoms. The molecule has 0 saturated heterocycles. The van der Waals surface area contributed by atoms with Crippen molar-refractivity contribution in [3.63, 3.8) is 0 Å². The molecule has 5 heteroatoms. The Morgan fingerprint density at radius 2 is 1.71 bits per heavy atom. The highest BCUT2D eigenvalue weighted by Crippen LogP contribution is 2.23. The van der Waals surface area contributed by atoms with Crippen LogP contribution in [0.2, 0.25) is 0 Å². The lowest BCUT2D eigenvalue weighted by Gasteiger charge is -2.13. The molecule has 2 N–H and O–H groups in total. The van der Waals surface area contributed by atoms with Crippen LogP contribution in [0.1, 0.15) is 65.0 Å². The van der Waals surface area contributed by atoms with Crippen LogP contribution in [0.25, 0.3) is 0 Å². The molecular weight excluding hydrogens is 352 g/mol. The van der Waals surface area contributed by atoms with Crippen molar-refractivity contribution < 1.29 is 14.4 Å². The summed E-state index contributed by atoms with van der Waals surface area (Å²) in [5, 5.41) is 5.58. The van der Waals surface area contributed by atoms with E-state index in [0.29, 0.717) is 16.8 Å². The Morgan fingerprint density at radius 1 is 0.964 bits per heavy atom. The minimum absolute atomic E-state index is 0.00111. The van der Waals surface area contributed by atoms with Gasteiger partial charge in [-0.05, 0) is 62.4 Å². The fourth-order valence-corrected chi connectivity index (χ4v) is 3.46. The lowest BCUT2D eigenvalue weighted by Crippen LogP contribution is -2.31. The molecule has 2 amide bonds. The number of nitrogens with one attached hydrogen (secondary N) is 2. The first kappa shape index (κ1) is 19.8. The molecule has 0 atom stereocenters. The second kappa shape index (κ2) is 8.83. The topological polar surface area (TPSA) is 75.3 Å². The van der Waals surface area contributed by atoms with Crippen LogP contribution in [-0.4, -0.2) is 23.6 Å². The molecule has 0 bridgehead atoms. The number of rotatable bonds is 7. The zero-order chi connectivity index (χ0) is 20.1. The summed E-state index contributed by atoms with van der Waals surface area (Å²) < 4.78 is 0. The summed E-state index contributed by atoms with van der Waals surface area (Å²) in [6.45, 7) is 3.76. The molecule has 0 fully saturated rings. The summed E-state index contributed by atoms with van der Waals surface area (Å²) in [7, 11) is 0. The number of fused-ring (bicyclic) bond motifs is 1. The Hall–Kier alpha value is -2.95. The van der Waals surface area contributed by atoms with Gasteiger partial charge in [0.2, 0.25) is 5.91 Å². The molecule has 0 heterocycles. The van der Waals surface area contributed by atoms with E-state index in [4.69, 9.17) is 0 Å². The predicted molar refractivity (Wildman–Crippen MR) is 110 cm³/mol. The SMILES string of the molecule is CC(C)NC(=O)c1ccccc1NC(=O)CCC(=O)c1ccc2c(c1)CCC2. The van der Waals surface area contributed by atoms with E-state index in [0.717, 1.165) is 19.3 Å². The number of hydrogen-bond donors (Lipinski definition) is 2. The van der Waals surface area contributed by atoms with Gasteiger partial charge in [0, 0.05) is 24.4 Å². The third kappa shape index (κ3) is 4.85. The molecule has 1 aliphatic rings. The van der Waals surface area contributed by atoms with E-state index < -0.39 is 0 Å². The van der Waals surface area contributed by atoms with Gasteiger partial charge in [0.1, 0.15) is 0 Å². The monoisotopic (exact) mass is 378 g/mol. The Balaban J connectivity index is 1.59. The first-order valence-corrected chi connectivity index (χ1v) is 9.79. The molecule has 146 valence electrons. The molecule has 5 nitrogen and oxygen atoms in total. The van der Waals surface area contributed by atoms with Crippen molar-refractivity contribution in [1.29, 1.82) is 0 Å². The van der Waals surface area contributed by atoms with E-state index in [1.807, 2.05) is 32.0 Å². The molecule has 0 aliphatic heterocycles. The molecular formula is C23H26N2O3. The van der Waals surface area contributed by atoms with Crippen molar-refractivity contribution in [2.24, 2.45) is 0 Å². The van der Waals surface area contributed by atoms with Crippen LogP contribution in [0.5, 0.6) is 0 Å². The van der Waals surface area contributed by atoms with Crippen molar-refractivity contribution in [1.82, 2.24) is 5.32 Å². The maximum Gasteiger partial charge on any atom is 0.253 e. The summed E-state index contributed by atoms with van der Waals surface area (Å²) in [6.07, 6.45) is 3.46. The van der Waals surface area contributed by atoms with E-state index in [9.17, 15) is 14.4 Å². The Morgan fingerprint density at radius 3 is 2.50 bits per heavy atom. The molecule has 3 rings (SSSR count). The first-order chi connectivity index (χ1) is 13.4. The number of para-hydroxylation sites is 1. The van der Waals surface area contributed by atoms with Gasteiger partial charge in [-0.15, -0.1) is 0 Å². The largest absolute Gasteiger partial charge is 0.350 e. The van der Waals surface area contributed by atoms with Crippen molar-refractivity contribution in [2.45, 2.75) is 52.0 Å². The van der Waals surface area contributed by atoms with E-state index in [2.05, 4.69) is 10.6 Å². The van der Waals surface area contributed by atoms with Crippen LogP contribution in [0.3, 0.4) is 0 Å². The highest BCUT2D eigenvalue weighted by molar-refractivity contribution is 6.05. The second-order valence-electron chi connectivity index (χ2n) is 7.48. The Kier molecular flexibility index (Phi) is 6.24. The third-order valence-electron chi connectivity index (χ3n) is 4.87. The predicted octanol–water partition coefficient (Wildman–Crippen LogP) is 3.92. The van der Waals surface area contributed by atoms with E-state index in [-0.39, 0.29) is 36.5 Å². The fourth-order valence-electron chi connectivity index (χ4n) is 3.46. The number of carbonyl (C=O) groups is 3. The number of aryl methyl sites for hydroxylation is 2. The average molecular weight is 378 g/mol. The molecule has 2 aromatic carbocycles. The number of Topliss-reactive ketones (excluding diaryl/α,β-unsaturated/α-hetero) is 1. The average Bonchev–Trinajstić information content (AvgIpc) is 3.13. The first-order valence-electron chi connectivity index (χ1n) is 9.79. The van der Waals surface area contributed by atoms with Crippen LogP contribution in [0.4, 0.5) is 5.69 Å². The Labute approximate surface area is 165 Å². The van der Waals surface area contributed by atoms with Gasteiger partial charge in [0.15, 0.2) is 5.78 Å². The third-order valence-corrected chi connectivity index (χ3v) is 4.87. The van der Waals surface area contributed by atoms with Crippen molar-refractivity contribution >= 4 is 23.3 Å². The lowest BCUT2D eigenvalue weighted by molar-refractivity contribution is -0.116. The molecule has 0 saturated carbocycles. The van der Waals surface area contributed by atoms with E-state index in [1.165, 1.54) is 11.1 Å². The number of ketones is 1. The molecule has 0 unspecified atom stereocenters. The van der Waals surface area contributed by atoms with Crippen LogP contribution in [-0.2, 0) is 17.6 Å². The highest BCUT2D eigenvalue weighted by atomic mass is 16.2. The van der Waals surface area contributed by atoms with Crippen molar-refractivity contribution in [2.75, 3.05) is 5.32 Å². The van der Waals surface area contributed by atoms with Gasteiger partial charge in [-0.3, -0.25) is 14.4 Å². The number of benzene rings is 2. The van der Waals surface area contributed by atoms with Crippen molar-refractivity contribution in [3.05, 3.63) is 64.7 Å². The molecule has 1 aliphatic carbocycles. The Bertz CT molecular complexity index is 902. The molecule has 2 aromatic rings. The summed E-state index contributed by atoms with van der Waals surface area (Å²) in [5.41, 5.74) is 4.11. The number of hydrogen-bond acceptors (Lipinski definition) is 3. The summed E-state index contributed by atoms with van der Waals surface area (Å²) >= 11 is 0. The van der Waals surface area contributed by atoms with Gasteiger partial charge in [0.05, 0.1) is 11.3 Å². The van der Waals surface area contributed by atoms with Crippen LogP contribution in [0.15, 0.2) is 42.5 Å². The zero-order valence-electron chi connectivity index (χ0n) is 16.4. The lowest BCUT2D eigenvalue weighted by atomic mass is 10.0. The minimum atomic E-state index is -0.278. The van der Waals surface area contributed by atoms with Gasteiger partial charge < -0.3 is 10.6 Å². The van der Waals surface area contributed by atoms with Gasteiger partial charge in [-0.2, -0.15) is 0 Å². The summed E-state index contributed by atoms with van der Waals surface area (Å²) in [4.78, 5) is 37.1. The van der Waals surface area contributed by atoms with Gasteiger partial charge in [-0.25, -0.2) is 0 Å². The van der Waals surface area contributed by atoms with Gasteiger partial charge in [0.25, 0.3) is 5.91 Å². The van der Waals surface area contributed by atoms with E-state index >= 15 is 0 Å². The summed E-state index contributed by atoms with van der Waals surface area (Å²) in [5.74, 6) is -0.546. The van der Waals surface area contributed by atoms with E-state index in [1.54, 1.807) is 24.3 Å². The highest BCUT2D eigenvalue weighted by Gasteiger charge is 2.17. The normalized spacial score (nSPS) is 12.5. The quantitative estimate of drug-likeness (QED) is 0.717.